The Balaban J connectivity index is 2.64. The number of carbonyl (C=O) groups excluding carboxylic acids is 1. The van der Waals surface area contributed by atoms with Crippen LogP contribution in [0, 0.1) is 5.82 Å². The zero-order valence-electron chi connectivity index (χ0n) is 8.48. The smallest absolute Gasteiger partial charge is 0.334 e. The molecule has 5 nitrogen and oxygen atoms in total. The van der Waals surface area contributed by atoms with Crippen molar-refractivity contribution in [2.24, 2.45) is 0 Å². The predicted octanol–water partition coefficient (Wildman–Crippen LogP) is 0.654. The first-order valence-corrected chi connectivity index (χ1v) is 4.93. The first kappa shape index (κ1) is 13.4. The van der Waals surface area contributed by atoms with Crippen LogP contribution in [0.4, 0.5) is 4.39 Å². The van der Waals surface area contributed by atoms with E-state index in [0.717, 1.165) is 12.1 Å². The average Bonchev–Trinajstić information content (AvgIpc) is 2.28. The molecule has 0 saturated heterocycles. The SMILES string of the molecule is O=C(NC[C@H](O)C(=O)O)c1ccc(F)c(Cl)c1. The van der Waals surface area contributed by atoms with Gasteiger partial charge < -0.3 is 15.5 Å². The highest BCUT2D eigenvalue weighted by molar-refractivity contribution is 6.31. The van der Waals surface area contributed by atoms with Crippen LogP contribution in [-0.4, -0.2) is 34.7 Å². The van der Waals surface area contributed by atoms with E-state index in [4.69, 9.17) is 21.8 Å². The minimum Gasteiger partial charge on any atom is -0.479 e. The third-order valence-corrected chi connectivity index (χ3v) is 2.21. The molecular formula is C10H9ClFNO4. The lowest BCUT2D eigenvalue weighted by Gasteiger charge is -2.08. The number of halogens is 2. The first-order chi connectivity index (χ1) is 7.91. The minimum atomic E-state index is -1.69. The van der Waals surface area contributed by atoms with Crippen LogP contribution in [0.1, 0.15) is 10.4 Å². The molecule has 1 amide bonds. The Morgan fingerprint density at radius 3 is 2.65 bits per heavy atom. The van der Waals surface area contributed by atoms with Gasteiger partial charge >= 0.3 is 5.97 Å². The van der Waals surface area contributed by atoms with Crippen molar-refractivity contribution in [1.82, 2.24) is 5.32 Å². The van der Waals surface area contributed by atoms with Gasteiger partial charge in [-0.05, 0) is 18.2 Å². The fourth-order valence-corrected chi connectivity index (χ4v) is 1.20. The molecule has 1 atom stereocenters. The van der Waals surface area contributed by atoms with Crippen molar-refractivity contribution in [2.75, 3.05) is 6.54 Å². The summed E-state index contributed by atoms with van der Waals surface area (Å²) in [5.74, 6) is -2.75. The van der Waals surface area contributed by atoms with Crippen LogP contribution in [0.15, 0.2) is 18.2 Å². The second-order valence-electron chi connectivity index (χ2n) is 3.19. The largest absolute Gasteiger partial charge is 0.479 e. The molecule has 0 bridgehead atoms. The van der Waals surface area contributed by atoms with Crippen LogP contribution in [0.25, 0.3) is 0 Å². The highest BCUT2D eigenvalue weighted by Gasteiger charge is 2.15. The molecule has 0 spiro atoms. The van der Waals surface area contributed by atoms with Crippen LogP contribution in [0.3, 0.4) is 0 Å². The molecular weight excluding hydrogens is 253 g/mol. The summed E-state index contributed by atoms with van der Waals surface area (Å²) >= 11 is 5.47. The van der Waals surface area contributed by atoms with Gasteiger partial charge in [-0.25, -0.2) is 9.18 Å². The van der Waals surface area contributed by atoms with Crippen molar-refractivity contribution in [3.05, 3.63) is 34.6 Å². The van der Waals surface area contributed by atoms with Crippen molar-refractivity contribution >= 4 is 23.5 Å². The van der Waals surface area contributed by atoms with Gasteiger partial charge in [0.1, 0.15) is 5.82 Å². The van der Waals surface area contributed by atoms with Crippen LogP contribution in [-0.2, 0) is 4.79 Å². The number of carbonyl (C=O) groups is 2. The molecule has 3 N–H and O–H groups in total. The van der Waals surface area contributed by atoms with Gasteiger partial charge in [-0.1, -0.05) is 11.6 Å². The summed E-state index contributed by atoms with van der Waals surface area (Å²) in [6, 6.07) is 3.33. The molecule has 0 aromatic heterocycles. The number of aliphatic carboxylic acids is 1. The van der Waals surface area contributed by atoms with Crippen molar-refractivity contribution < 1.29 is 24.2 Å². The van der Waals surface area contributed by atoms with E-state index in [9.17, 15) is 14.0 Å². The van der Waals surface area contributed by atoms with E-state index < -0.39 is 30.3 Å². The minimum absolute atomic E-state index is 0.0778. The molecule has 1 rings (SSSR count). The standard InChI is InChI=1S/C10H9ClFNO4/c11-6-3-5(1-2-7(6)12)9(15)13-4-8(14)10(16)17/h1-3,8,14H,4H2,(H,13,15)(H,16,17)/t8-/m0/s1. The zero-order chi connectivity index (χ0) is 13.0. The van der Waals surface area contributed by atoms with Gasteiger partial charge in [-0.2, -0.15) is 0 Å². The Hall–Kier alpha value is -1.66. The summed E-state index contributed by atoms with van der Waals surface area (Å²) in [6.45, 7) is -0.441. The van der Waals surface area contributed by atoms with E-state index >= 15 is 0 Å². The fourth-order valence-electron chi connectivity index (χ4n) is 1.02. The van der Waals surface area contributed by atoms with Gasteiger partial charge in [0.25, 0.3) is 5.91 Å². The summed E-state index contributed by atoms with van der Waals surface area (Å²) in [6.07, 6.45) is -1.69. The third kappa shape index (κ3) is 3.69. The van der Waals surface area contributed by atoms with Crippen molar-refractivity contribution in [3.63, 3.8) is 0 Å². The molecule has 0 heterocycles. The monoisotopic (exact) mass is 261 g/mol. The Morgan fingerprint density at radius 1 is 1.47 bits per heavy atom. The van der Waals surface area contributed by atoms with Gasteiger partial charge in [0.15, 0.2) is 6.10 Å². The van der Waals surface area contributed by atoms with Gasteiger partial charge in [0.2, 0.25) is 0 Å². The second kappa shape index (κ2) is 5.60. The van der Waals surface area contributed by atoms with Crippen molar-refractivity contribution in [1.29, 1.82) is 0 Å². The summed E-state index contributed by atoms with van der Waals surface area (Å²) in [5.41, 5.74) is 0.0778. The lowest BCUT2D eigenvalue weighted by molar-refractivity contribution is -0.146. The van der Waals surface area contributed by atoms with Crippen LogP contribution in [0.2, 0.25) is 5.02 Å². The number of carboxylic acids is 1. The molecule has 0 aliphatic carbocycles. The molecule has 0 saturated carbocycles. The summed E-state index contributed by atoms with van der Waals surface area (Å²) in [5, 5.41) is 19.3. The summed E-state index contributed by atoms with van der Waals surface area (Å²) in [4.78, 5) is 21.7. The Morgan fingerprint density at radius 2 is 2.12 bits per heavy atom. The number of benzene rings is 1. The summed E-state index contributed by atoms with van der Waals surface area (Å²) < 4.78 is 12.8. The van der Waals surface area contributed by atoms with E-state index in [-0.39, 0.29) is 10.6 Å². The quantitative estimate of drug-likeness (QED) is 0.743. The lowest BCUT2D eigenvalue weighted by atomic mass is 10.2. The highest BCUT2D eigenvalue weighted by Crippen LogP contribution is 2.15. The van der Waals surface area contributed by atoms with Gasteiger partial charge in [-0.3, -0.25) is 4.79 Å². The van der Waals surface area contributed by atoms with Crippen LogP contribution >= 0.6 is 11.6 Å². The molecule has 0 unspecified atom stereocenters. The first-order valence-electron chi connectivity index (χ1n) is 4.56. The van der Waals surface area contributed by atoms with E-state index in [1.165, 1.54) is 6.07 Å². The third-order valence-electron chi connectivity index (χ3n) is 1.92. The normalized spacial score (nSPS) is 11.9. The molecule has 0 fully saturated rings. The number of carboxylic acid groups (broad SMARTS) is 1. The Labute approximate surface area is 101 Å². The number of amides is 1. The number of rotatable bonds is 4. The van der Waals surface area contributed by atoms with Crippen LogP contribution < -0.4 is 5.32 Å². The molecule has 0 aliphatic heterocycles. The lowest BCUT2D eigenvalue weighted by Crippen LogP contribution is -2.36. The molecule has 7 heteroatoms. The van der Waals surface area contributed by atoms with E-state index in [0.29, 0.717) is 0 Å². The second-order valence-corrected chi connectivity index (χ2v) is 3.60. The van der Waals surface area contributed by atoms with Crippen molar-refractivity contribution in [3.8, 4) is 0 Å². The molecule has 0 aliphatic rings. The molecule has 1 aromatic rings. The van der Waals surface area contributed by atoms with Gasteiger partial charge in [-0.15, -0.1) is 0 Å². The summed E-state index contributed by atoms with van der Waals surface area (Å²) in [7, 11) is 0. The topological polar surface area (TPSA) is 86.6 Å². The van der Waals surface area contributed by atoms with E-state index in [2.05, 4.69) is 5.32 Å². The predicted molar refractivity (Wildman–Crippen MR) is 57.4 cm³/mol. The van der Waals surface area contributed by atoms with Crippen molar-refractivity contribution in [2.45, 2.75) is 6.10 Å². The Bertz CT molecular complexity index is 452. The number of hydrogen-bond donors (Lipinski definition) is 3. The molecule has 92 valence electrons. The molecule has 0 radical (unpaired) electrons. The Kier molecular flexibility index (Phi) is 4.42. The maximum absolute atomic E-state index is 12.8. The number of aliphatic hydroxyl groups excluding tert-OH is 1. The van der Waals surface area contributed by atoms with Gasteiger partial charge in [0, 0.05) is 5.56 Å². The maximum atomic E-state index is 12.8. The van der Waals surface area contributed by atoms with E-state index in [1.807, 2.05) is 0 Å². The van der Waals surface area contributed by atoms with E-state index in [1.54, 1.807) is 0 Å². The maximum Gasteiger partial charge on any atom is 0.334 e. The number of hydrogen-bond acceptors (Lipinski definition) is 3. The fraction of sp³-hybridized carbons (Fsp3) is 0.200. The van der Waals surface area contributed by atoms with Crippen LogP contribution in [0.5, 0.6) is 0 Å². The number of nitrogens with one attached hydrogen (secondary N) is 1. The number of aliphatic hydroxyl groups is 1. The average molecular weight is 262 g/mol. The zero-order valence-corrected chi connectivity index (χ0v) is 9.24. The highest BCUT2D eigenvalue weighted by atomic mass is 35.5. The molecule has 1 aromatic carbocycles. The molecule has 17 heavy (non-hydrogen) atoms. The van der Waals surface area contributed by atoms with Gasteiger partial charge in [0.05, 0.1) is 11.6 Å².